The van der Waals surface area contributed by atoms with E-state index in [1.165, 1.54) is 0 Å². The van der Waals surface area contributed by atoms with Gasteiger partial charge >= 0.3 is 0 Å². The van der Waals surface area contributed by atoms with Gasteiger partial charge < -0.3 is 24.0 Å². The smallest absolute Gasteiger partial charge is 0.227 e. The SMILES string of the molecule is COCCCN1C(=O)CCN(C(=O)Cc2cccc(OC)c2)CC12CCOC2. The molecule has 154 valence electrons. The minimum Gasteiger partial charge on any atom is -0.497 e. The fourth-order valence-corrected chi connectivity index (χ4v) is 4.09. The quantitative estimate of drug-likeness (QED) is 0.660. The summed E-state index contributed by atoms with van der Waals surface area (Å²) in [5, 5.41) is 0. The maximum Gasteiger partial charge on any atom is 0.227 e. The lowest BCUT2D eigenvalue weighted by molar-refractivity contribution is -0.137. The van der Waals surface area contributed by atoms with Gasteiger partial charge in [-0.1, -0.05) is 12.1 Å². The summed E-state index contributed by atoms with van der Waals surface area (Å²) in [6, 6.07) is 7.56. The van der Waals surface area contributed by atoms with Gasteiger partial charge in [0.05, 0.1) is 25.7 Å². The van der Waals surface area contributed by atoms with Crippen molar-refractivity contribution < 1.29 is 23.8 Å². The number of amides is 2. The normalized spacial score (nSPS) is 22.6. The van der Waals surface area contributed by atoms with Gasteiger partial charge in [-0.2, -0.15) is 0 Å². The second-order valence-corrected chi connectivity index (χ2v) is 7.51. The Hall–Kier alpha value is -2.12. The van der Waals surface area contributed by atoms with E-state index in [9.17, 15) is 9.59 Å². The molecule has 0 bridgehead atoms. The van der Waals surface area contributed by atoms with Gasteiger partial charge in [0.15, 0.2) is 0 Å². The van der Waals surface area contributed by atoms with E-state index in [2.05, 4.69) is 0 Å². The Kier molecular flexibility index (Phi) is 6.91. The van der Waals surface area contributed by atoms with E-state index >= 15 is 0 Å². The van der Waals surface area contributed by atoms with Gasteiger partial charge in [0.2, 0.25) is 11.8 Å². The molecule has 2 heterocycles. The molecule has 2 aliphatic heterocycles. The summed E-state index contributed by atoms with van der Waals surface area (Å²) in [5.41, 5.74) is 0.486. The van der Waals surface area contributed by atoms with Crippen molar-refractivity contribution in [3.63, 3.8) is 0 Å². The molecule has 7 nitrogen and oxygen atoms in total. The van der Waals surface area contributed by atoms with Crippen LogP contribution >= 0.6 is 0 Å². The Morgan fingerprint density at radius 1 is 1.32 bits per heavy atom. The van der Waals surface area contributed by atoms with Crippen LogP contribution in [0.25, 0.3) is 0 Å². The van der Waals surface area contributed by atoms with Gasteiger partial charge in [-0.05, 0) is 30.5 Å². The van der Waals surface area contributed by atoms with Crippen LogP contribution in [0.3, 0.4) is 0 Å². The highest BCUT2D eigenvalue weighted by Crippen LogP contribution is 2.31. The van der Waals surface area contributed by atoms with E-state index in [0.717, 1.165) is 24.2 Å². The number of benzene rings is 1. The molecule has 0 saturated carbocycles. The van der Waals surface area contributed by atoms with E-state index in [1.54, 1.807) is 14.2 Å². The molecule has 0 aliphatic carbocycles. The molecule has 0 radical (unpaired) electrons. The first-order valence-electron chi connectivity index (χ1n) is 9.86. The fourth-order valence-electron chi connectivity index (χ4n) is 4.09. The zero-order valence-electron chi connectivity index (χ0n) is 16.8. The molecule has 2 saturated heterocycles. The molecule has 2 fully saturated rings. The lowest BCUT2D eigenvalue weighted by Gasteiger charge is -2.40. The standard InChI is InChI=1S/C21H30N2O5/c1-26-11-4-9-23-19(24)7-10-22(15-21(23)8-12-28-16-21)20(25)14-17-5-3-6-18(13-17)27-2/h3,5-6,13H,4,7-12,14-16H2,1-2H3. The fraction of sp³-hybridized carbons (Fsp3) is 0.619. The van der Waals surface area contributed by atoms with E-state index in [0.29, 0.717) is 52.3 Å². The average Bonchev–Trinajstić information content (AvgIpc) is 3.12. The van der Waals surface area contributed by atoms with Crippen molar-refractivity contribution in [1.82, 2.24) is 9.80 Å². The van der Waals surface area contributed by atoms with Gasteiger partial charge in [-0.3, -0.25) is 9.59 Å². The molecule has 7 heteroatoms. The summed E-state index contributed by atoms with van der Waals surface area (Å²) in [4.78, 5) is 29.7. The number of hydrogen-bond donors (Lipinski definition) is 0. The van der Waals surface area contributed by atoms with E-state index < -0.39 is 5.54 Å². The van der Waals surface area contributed by atoms with Crippen molar-refractivity contribution in [2.45, 2.75) is 31.2 Å². The Balaban J connectivity index is 1.74. The van der Waals surface area contributed by atoms with Gasteiger partial charge in [0, 0.05) is 46.4 Å². The summed E-state index contributed by atoms with van der Waals surface area (Å²) in [5.74, 6) is 0.866. The van der Waals surface area contributed by atoms with Crippen LogP contribution in [0.5, 0.6) is 5.75 Å². The Morgan fingerprint density at radius 2 is 2.18 bits per heavy atom. The summed E-state index contributed by atoms with van der Waals surface area (Å²) in [6.45, 7) is 3.31. The van der Waals surface area contributed by atoms with Gasteiger partial charge in [-0.25, -0.2) is 0 Å². The molecule has 28 heavy (non-hydrogen) atoms. The maximum absolute atomic E-state index is 13.0. The number of rotatable bonds is 7. The van der Waals surface area contributed by atoms with Crippen LogP contribution in [-0.2, 0) is 25.5 Å². The number of ether oxygens (including phenoxy) is 3. The molecule has 2 amide bonds. The molecule has 0 aromatic heterocycles. The molecule has 0 N–H and O–H groups in total. The third kappa shape index (κ3) is 4.64. The summed E-state index contributed by atoms with van der Waals surface area (Å²) >= 11 is 0. The monoisotopic (exact) mass is 390 g/mol. The zero-order valence-corrected chi connectivity index (χ0v) is 16.8. The second-order valence-electron chi connectivity index (χ2n) is 7.51. The summed E-state index contributed by atoms with van der Waals surface area (Å²) < 4.78 is 16.1. The lowest BCUT2D eigenvalue weighted by atomic mass is 9.95. The highest BCUT2D eigenvalue weighted by atomic mass is 16.5. The van der Waals surface area contributed by atoms with Crippen LogP contribution in [0.1, 0.15) is 24.8 Å². The van der Waals surface area contributed by atoms with Crippen LogP contribution in [0.2, 0.25) is 0 Å². The molecular weight excluding hydrogens is 360 g/mol. The van der Waals surface area contributed by atoms with Gasteiger partial charge in [0.25, 0.3) is 0 Å². The first-order chi connectivity index (χ1) is 13.6. The van der Waals surface area contributed by atoms with Crippen molar-refractivity contribution in [3.8, 4) is 5.75 Å². The van der Waals surface area contributed by atoms with E-state index in [4.69, 9.17) is 14.2 Å². The van der Waals surface area contributed by atoms with Crippen LogP contribution in [-0.4, -0.2) is 80.8 Å². The number of carbonyl (C=O) groups is 2. The first-order valence-corrected chi connectivity index (χ1v) is 9.86. The summed E-state index contributed by atoms with van der Waals surface area (Å²) in [7, 11) is 3.28. The first kappa shape index (κ1) is 20.6. The Morgan fingerprint density at radius 3 is 2.89 bits per heavy atom. The number of nitrogens with zero attached hydrogens (tertiary/aromatic N) is 2. The highest BCUT2D eigenvalue weighted by molar-refractivity contribution is 5.82. The molecule has 1 unspecified atom stereocenters. The molecule has 1 aromatic rings. The van der Waals surface area contributed by atoms with E-state index in [1.807, 2.05) is 34.1 Å². The molecule has 1 spiro atoms. The molecule has 3 rings (SSSR count). The van der Waals surface area contributed by atoms with Crippen LogP contribution < -0.4 is 4.74 Å². The maximum atomic E-state index is 13.0. The topological polar surface area (TPSA) is 68.3 Å². The molecule has 1 aromatic carbocycles. The highest BCUT2D eigenvalue weighted by Gasteiger charge is 2.46. The zero-order chi connectivity index (χ0) is 20.0. The van der Waals surface area contributed by atoms with Crippen molar-refractivity contribution in [1.29, 1.82) is 0 Å². The third-order valence-corrected chi connectivity index (χ3v) is 5.61. The number of carbonyl (C=O) groups excluding carboxylic acids is 2. The van der Waals surface area contributed by atoms with Crippen LogP contribution in [0.4, 0.5) is 0 Å². The second kappa shape index (κ2) is 9.39. The summed E-state index contributed by atoms with van der Waals surface area (Å²) in [6.07, 6.45) is 2.18. The predicted molar refractivity (Wildman–Crippen MR) is 104 cm³/mol. The van der Waals surface area contributed by atoms with Gasteiger partial charge in [-0.15, -0.1) is 0 Å². The predicted octanol–water partition coefficient (Wildman–Crippen LogP) is 1.49. The Bertz CT molecular complexity index is 687. The number of methoxy groups -OCH3 is 2. The molecule has 1 atom stereocenters. The molecule has 2 aliphatic rings. The third-order valence-electron chi connectivity index (χ3n) is 5.61. The van der Waals surface area contributed by atoms with Crippen molar-refractivity contribution in [2.75, 3.05) is 53.7 Å². The Labute approximate surface area is 166 Å². The van der Waals surface area contributed by atoms with Gasteiger partial charge in [0.1, 0.15) is 5.75 Å². The van der Waals surface area contributed by atoms with Crippen LogP contribution in [0, 0.1) is 0 Å². The van der Waals surface area contributed by atoms with Crippen molar-refractivity contribution >= 4 is 11.8 Å². The minimum atomic E-state index is -0.425. The average molecular weight is 390 g/mol. The van der Waals surface area contributed by atoms with Crippen molar-refractivity contribution in [3.05, 3.63) is 29.8 Å². The molecular formula is C21H30N2O5. The lowest BCUT2D eigenvalue weighted by Crippen LogP contribution is -2.57. The largest absolute Gasteiger partial charge is 0.497 e. The van der Waals surface area contributed by atoms with Crippen molar-refractivity contribution in [2.24, 2.45) is 0 Å². The minimum absolute atomic E-state index is 0.0334. The van der Waals surface area contributed by atoms with E-state index in [-0.39, 0.29) is 11.8 Å². The van der Waals surface area contributed by atoms with Crippen LogP contribution in [0.15, 0.2) is 24.3 Å². The number of hydrogen-bond acceptors (Lipinski definition) is 5.